The number of methoxy groups -OCH3 is 1. The lowest BCUT2D eigenvalue weighted by Crippen LogP contribution is -2.13. The molecule has 0 amide bonds. The van der Waals surface area contributed by atoms with E-state index >= 15 is 0 Å². The van der Waals surface area contributed by atoms with Gasteiger partial charge in [-0.05, 0) is 25.5 Å². The maximum absolute atomic E-state index is 11.8. The molecule has 7 heteroatoms. The van der Waals surface area contributed by atoms with Crippen LogP contribution < -0.4 is 4.74 Å². The average molecular weight is 331 g/mol. The van der Waals surface area contributed by atoms with E-state index in [-0.39, 0.29) is 17.5 Å². The first kappa shape index (κ1) is 14.4. The van der Waals surface area contributed by atoms with Crippen molar-refractivity contribution in [2.24, 2.45) is 0 Å². The van der Waals surface area contributed by atoms with E-state index in [1.165, 1.54) is 0 Å². The monoisotopic (exact) mass is 331 g/mol. The number of aromatic nitrogens is 3. The Morgan fingerprint density at radius 2 is 2.09 bits per heavy atom. The van der Waals surface area contributed by atoms with Crippen molar-refractivity contribution in [1.82, 2.24) is 14.8 Å². The van der Waals surface area contributed by atoms with Gasteiger partial charge in [-0.15, -0.1) is 0 Å². The summed E-state index contributed by atoms with van der Waals surface area (Å²) in [6.45, 7) is 1.90. The largest absolute Gasteiger partial charge is 0.495 e. The van der Waals surface area contributed by atoms with Crippen LogP contribution in [-0.2, 0) is 9.84 Å². The average Bonchev–Trinajstić information content (AvgIpc) is 3.05. The molecule has 1 aliphatic rings. The molecule has 3 heterocycles. The number of hydrogen-bond donors (Lipinski definition) is 0. The Morgan fingerprint density at radius 3 is 2.78 bits per heavy atom. The van der Waals surface area contributed by atoms with Gasteiger partial charge in [0.1, 0.15) is 5.75 Å². The number of pyridine rings is 1. The lowest BCUT2D eigenvalue weighted by Gasteiger charge is -2.11. The molecule has 0 spiro atoms. The van der Waals surface area contributed by atoms with Crippen LogP contribution in [0, 0.1) is 6.92 Å². The minimum absolute atomic E-state index is 0.125. The fourth-order valence-electron chi connectivity index (χ4n) is 3.36. The standard InChI is InChI=1S/C16H17N3O3S/c1-10-14-15(22-2)12-5-3-4-6-13(12)17-16(14)19(18-10)11-7-8-23(20,21)9-11/h3-6,11H,7-9H2,1-2H3/t11-/m0/s1. The van der Waals surface area contributed by atoms with Crippen LogP contribution in [0.15, 0.2) is 24.3 Å². The van der Waals surface area contributed by atoms with Crippen molar-refractivity contribution in [3.05, 3.63) is 30.0 Å². The predicted molar refractivity (Wildman–Crippen MR) is 88.6 cm³/mol. The summed E-state index contributed by atoms with van der Waals surface area (Å²) in [5.74, 6) is 1.08. The molecule has 120 valence electrons. The summed E-state index contributed by atoms with van der Waals surface area (Å²) in [4.78, 5) is 4.73. The molecule has 1 saturated heterocycles. The van der Waals surface area contributed by atoms with E-state index in [0.717, 1.165) is 27.7 Å². The molecule has 0 unspecified atom stereocenters. The molecule has 1 atom stereocenters. The Morgan fingerprint density at radius 1 is 1.30 bits per heavy atom. The first-order valence-electron chi connectivity index (χ1n) is 7.52. The van der Waals surface area contributed by atoms with Gasteiger partial charge in [-0.2, -0.15) is 5.10 Å². The van der Waals surface area contributed by atoms with E-state index in [2.05, 4.69) is 5.10 Å². The third-order valence-electron chi connectivity index (χ3n) is 4.42. The zero-order valence-corrected chi connectivity index (χ0v) is 13.8. The zero-order valence-electron chi connectivity index (χ0n) is 13.0. The summed E-state index contributed by atoms with van der Waals surface area (Å²) in [6.07, 6.45) is 0.579. The molecule has 0 bridgehead atoms. The van der Waals surface area contributed by atoms with Crippen molar-refractivity contribution < 1.29 is 13.2 Å². The number of hydrogen-bond acceptors (Lipinski definition) is 5. The van der Waals surface area contributed by atoms with Crippen LogP contribution in [-0.4, -0.2) is 41.8 Å². The zero-order chi connectivity index (χ0) is 16.2. The van der Waals surface area contributed by atoms with Gasteiger partial charge in [-0.1, -0.05) is 12.1 Å². The summed E-state index contributed by atoms with van der Waals surface area (Å²) in [5, 5.41) is 6.37. The van der Waals surface area contributed by atoms with E-state index in [1.807, 2.05) is 31.2 Å². The van der Waals surface area contributed by atoms with Gasteiger partial charge < -0.3 is 4.74 Å². The summed E-state index contributed by atoms with van der Waals surface area (Å²) >= 11 is 0. The molecule has 3 aromatic rings. The fourth-order valence-corrected chi connectivity index (χ4v) is 5.05. The topological polar surface area (TPSA) is 74.1 Å². The molecule has 1 aromatic carbocycles. The molecule has 2 aromatic heterocycles. The SMILES string of the molecule is COc1c2ccccc2nc2c1c(C)nn2[C@H]1CCS(=O)(=O)C1. The van der Waals surface area contributed by atoms with Crippen LogP contribution in [0.1, 0.15) is 18.2 Å². The summed E-state index contributed by atoms with van der Waals surface area (Å²) in [5.41, 5.74) is 2.32. The van der Waals surface area contributed by atoms with E-state index < -0.39 is 9.84 Å². The highest BCUT2D eigenvalue weighted by Crippen LogP contribution is 2.36. The summed E-state index contributed by atoms with van der Waals surface area (Å²) in [6, 6.07) is 7.61. The molecule has 1 fully saturated rings. The maximum Gasteiger partial charge on any atom is 0.162 e. The second kappa shape index (κ2) is 4.92. The van der Waals surface area contributed by atoms with Gasteiger partial charge in [-0.25, -0.2) is 18.1 Å². The van der Waals surface area contributed by atoms with Crippen LogP contribution in [0.5, 0.6) is 5.75 Å². The third-order valence-corrected chi connectivity index (χ3v) is 6.17. The first-order chi connectivity index (χ1) is 11.0. The molecular formula is C16H17N3O3S. The van der Waals surface area contributed by atoms with Crippen LogP contribution >= 0.6 is 0 Å². The molecule has 0 saturated carbocycles. The van der Waals surface area contributed by atoms with Crippen molar-refractivity contribution >= 4 is 31.8 Å². The number of sulfone groups is 1. The van der Waals surface area contributed by atoms with Gasteiger partial charge in [0, 0.05) is 5.39 Å². The Labute approximate surface area is 134 Å². The molecule has 23 heavy (non-hydrogen) atoms. The van der Waals surface area contributed by atoms with E-state index in [9.17, 15) is 8.42 Å². The minimum Gasteiger partial charge on any atom is -0.495 e. The number of rotatable bonds is 2. The second-order valence-corrected chi connectivity index (χ2v) is 8.18. The Balaban J connectivity index is 2.03. The van der Waals surface area contributed by atoms with E-state index in [0.29, 0.717) is 12.1 Å². The molecule has 6 nitrogen and oxygen atoms in total. The van der Waals surface area contributed by atoms with Crippen LogP contribution in [0.2, 0.25) is 0 Å². The molecule has 0 radical (unpaired) electrons. The van der Waals surface area contributed by atoms with Gasteiger partial charge in [-0.3, -0.25) is 0 Å². The van der Waals surface area contributed by atoms with E-state index in [4.69, 9.17) is 9.72 Å². The number of benzene rings is 1. The van der Waals surface area contributed by atoms with Crippen LogP contribution in [0.4, 0.5) is 0 Å². The Hall–Kier alpha value is -2.15. The first-order valence-corrected chi connectivity index (χ1v) is 9.34. The smallest absolute Gasteiger partial charge is 0.162 e. The highest BCUT2D eigenvalue weighted by molar-refractivity contribution is 7.91. The van der Waals surface area contributed by atoms with E-state index in [1.54, 1.807) is 11.8 Å². The van der Waals surface area contributed by atoms with Crippen LogP contribution in [0.3, 0.4) is 0 Å². The Bertz CT molecular complexity index is 1020. The summed E-state index contributed by atoms with van der Waals surface area (Å²) in [7, 11) is -1.34. The molecule has 1 aliphatic heterocycles. The maximum atomic E-state index is 11.8. The third kappa shape index (κ3) is 2.18. The number of fused-ring (bicyclic) bond motifs is 2. The molecular weight excluding hydrogens is 314 g/mol. The second-order valence-electron chi connectivity index (χ2n) is 5.95. The highest BCUT2D eigenvalue weighted by atomic mass is 32.2. The molecule has 4 rings (SSSR count). The van der Waals surface area contributed by atoms with Gasteiger partial charge in [0.2, 0.25) is 0 Å². The Kier molecular flexibility index (Phi) is 3.09. The number of para-hydroxylation sites is 1. The number of ether oxygens (including phenoxy) is 1. The van der Waals surface area contributed by atoms with Crippen molar-refractivity contribution in [1.29, 1.82) is 0 Å². The lowest BCUT2D eigenvalue weighted by atomic mass is 10.1. The quantitative estimate of drug-likeness (QED) is 0.720. The van der Waals surface area contributed by atoms with Crippen molar-refractivity contribution in [2.45, 2.75) is 19.4 Å². The van der Waals surface area contributed by atoms with Crippen molar-refractivity contribution in [3.63, 3.8) is 0 Å². The fraction of sp³-hybridized carbons (Fsp3) is 0.375. The van der Waals surface area contributed by atoms with Crippen LogP contribution in [0.25, 0.3) is 21.9 Å². The number of nitrogens with zero attached hydrogens (tertiary/aromatic N) is 3. The minimum atomic E-state index is -2.98. The van der Waals surface area contributed by atoms with Gasteiger partial charge in [0.25, 0.3) is 0 Å². The van der Waals surface area contributed by atoms with Gasteiger partial charge in [0.15, 0.2) is 15.5 Å². The number of aryl methyl sites for hydroxylation is 1. The highest BCUT2D eigenvalue weighted by Gasteiger charge is 2.32. The van der Waals surface area contributed by atoms with Gasteiger partial charge in [0.05, 0.1) is 41.3 Å². The lowest BCUT2D eigenvalue weighted by molar-refractivity contribution is 0.424. The van der Waals surface area contributed by atoms with Crippen molar-refractivity contribution in [3.8, 4) is 5.75 Å². The predicted octanol–water partition coefficient (Wildman–Crippen LogP) is 2.26. The summed E-state index contributed by atoms with van der Waals surface area (Å²) < 4.78 is 31.0. The molecule has 0 N–H and O–H groups in total. The normalized spacial score (nSPS) is 20.3. The van der Waals surface area contributed by atoms with Crippen molar-refractivity contribution in [2.75, 3.05) is 18.6 Å². The molecule has 0 aliphatic carbocycles. The van der Waals surface area contributed by atoms with Gasteiger partial charge >= 0.3 is 0 Å².